The molecule has 26 heavy (non-hydrogen) atoms. The summed E-state index contributed by atoms with van der Waals surface area (Å²) >= 11 is 3.35. The van der Waals surface area contributed by atoms with Crippen LogP contribution in [0.25, 0.3) is 0 Å². The van der Waals surface area contributed by atoms with Crippen LogP contribution in [0.1, 0.15) is 5.56 Å². The zero-order valence-corrected chi connectivity index (χ0v) is 16.5. The average Bonchev–Trinajstić information content (AvgIpc) is 2.96. The number of halogens is 1. The summed E-state index contributed by atoms with van der Waals surface area (Å²) in [5.41, 5.74) is 1.70. The van der Waals surface area contributed by atoms with Crippen molar-refractivity contribution < 1.29 is 17.9 Å². The van der Waals surface area contributed by atoms with E-state index in [1.807, 2.05) is 43.3 Å². The molecule has 0 saturated heterocycles. The van der Waals surface area contributed by atoms with Crippen molar-refractivity contribution in [3.05, 3.63) is 70.1 Å². The maximum atomic E-state index is 12.8. The number of sulfone groups is 1. The highest BCUT2D eigenvalue weighted by Gasteiger charge is 2.31. The molecule has 7 heteroatoms. The molecule has 3 rings (SSSR count). The van der Waals surface area contributed by atoms with Crippen molar-refractivity contribution in [2.24, 2.45) is 0 Å². The third-order valence-corrected chi connectivity index (χ3v) is 5.91. The van der Waals surface area contributed by atoms with Gasteiger partial charge in [-0.2, -0.15) is 0 Å². The first kappa shape index (κ1) is 18.7. The van der Waals surface area contributed by atoms with Gasteiger partial charge in [-0.3, -0.25) is 4.79 Å². The number of rotatable bonds is 5. The molecular formula is C19H18BrNO4S. The third-order valence-electron chi connectivity index (χ3n) is 4.00. The number of aryl methyl sites for hydroxylation is 1. The van der Waals surface area contributed by atoms with Crippen molar-refractivity contribution in [2.75, 3.05) is 17.3 Å². The van der Waals surface area contributed by atoms with Crippen molar-refractivity contribution in [2.45, 2.75) is 13.0 Å². The maximum Gasteiger partial charge on any atom is 0.265 e. The minimum atomic E-state index is -3.28. The molecule has 5 nitrogen and oxygen atoms in total. The molecule has 0 fully saturated rings. The summed E-state index contributed by atoms with van der Waals surface area (Å²) in [6, 6.07) is 14.0. The lowest BCUT2D eigenvalue weighted by Gasteiger charge is -2.27. The highest BCUT2D eigenvalue weighted by molar-refractivity contribution is 9.10. The lowest BCUT2D eigenvalue weighted by molar-refractivity contribution is -0.120. The van der Waals surface area contributed by atoms with Gasteiger partial charge in [0.15, 0.2) is 16.4 Å². The van der Waals surface area contributed by atoms with Gasteiger partial charge >= 0.3 is 0 Å². The molecule has 136 valence electrons. The second-order valence-corrected chi connectivity index (χ2v) is 8.91. The van der Waals surface area contributed by atoms with Crippen LogP contribution in [0.4, 0.5) is 5.69 Å². The molecule has 2 aromatic rings. The Labute approximate surface area is 161 Å². The number of carbonyl (C=O) groups excluding carboxylic acids is 1. The third kappa shape index (κ3) is 4.53. The number of ether oxygens (including phenoxy) is 1. The van der Waals surface area contributed by atoms with Crippen LogP contribution >= 0.6 is 15.9 Å². The van der Waals surface area contributed by atoms with Gasteiger partial charge in [0.1, 0.15) is 5.75 Å². The van der Waals surface area contributed by atoms with Crippen LogP contribution < -0.4 is 9.64 Å². The van der Waals surface area contributed by atoms with Crippen LogP contribution in [0.2, 0.25) is 0 Å². The Morgan fingerprint density at radius 1 is 1.15 bits per heavy atom. The minimum absolute atomic E-state index is 0.120. The molecule has 0 N–H and O–H groups in total. The van der Waals surface area contributed by atoms with Crippen molar-refractivity contribution in [1.82, 2.24) is 0 Å². The fourth-order valence-electron chi connectivity index (χ4n) is 2.69. The molecule has 0 aromatic heterocycles. The fraction of sp³-hybridized carbons (Fsp3) is 0.211. The highest BCUT2D eigenvalue weighted by Crippen LogP contribution is 2.24. The van der Waals surface area contributed by atoms with E-state index in [-0.39, 0.29) is 18.3 Å². The van der Waals surface area contributed by atoms with Gasteiger partial charge in [0, 0.05) is 15.6 Å². The van der Waals surface area contributed by atoms with Gasteiger partial charge in [-0.1, -0.05) is 33.6 Å². The zero-order chi connectivity index (χ0) is 18.7. The number of anilines is 1. The smallest absolute Gasteiger partial charge is 0.265 e. The van der Waals surface area contributed by atoms with Gasteiger partial charge in [0.25, 0.3) is 5.91 Å². The predicted molar refractivity (Wildman–Crippen MR) is 105 cm³/mol. The Kier molecular flexibility index (Phi) is 5.48. The molecule has 2 aromatic carbocycles. The fourth-order valence-corrected chi connectivity index (χ4v) is 4.22. The number of hydrogen-bond donors (Lipinski definition) is 0. The lowest BCUT2D eigenvalue weighted by atomic mass is 10.1. The SMILES string of the molecule is Cc1ccc(N(C(=O)COc2ccc(Br)cc2)C2C=CS(=O)(=O)C2)cc1. The Morgan fingerprint density at radius 2 is 1.81 bits per heavy atom. The number of amides is 1. The van der Waals surface area contributed by atoms with Gasteiger partial charge in [-0.25, -0.2) is 8.42 Å². The zero-order valence-electron chi connectivity index (χ0n) is 14.1. The molecular weight excluding hydrogens is 418 g/mol. The Morgan fingerprint density at radius 3 is 2.38 bits per heavy atom. The van der Waals surface area contributed by atoms with E-state index in [0.717, 1.165) is 10.0 Å². The van der Waals surface area contributed by atoms with E-state index in [9.17, 15) is 13.2 Å². The number of nitrogens with zero attached hydrogens (tertiary/aromatic N) is 1. The van der Waals surface area contributed by atoms with Gasteiger partial charge in [-0.15, -0.1) is 0 Å². The average molecular weight is 436 g/mol. The predicted octanol–water partition coefficient (Wildman–Crippen LogP) is 3.48. The summed E-state index contributed by atoms with van der Waals surface area (Å²) in [6.45, 7) is 1.77. The standard InChI is InChI=1S/C19H18BrNO4S/c1-14-2-6-16(7-3-14)21(17-10-11-26(23,24)13-17)19(22)12-25-18-8-4-15(20)5-9-18/h2-11,17H,12-13H2,1H3. The largest absolute Gasteiger partial charge is 0.484 e. The molecule has 0 aliphatic carbocycles. The van der Waals surface area contributed by atoms with E-state index in [2.05, 4.69) is 15.9 Å². The first-order valence-corrected chi connectivity index (χ1v) is 10.5. The van der Waals surface area contributed by atoms with E-state index in [1.54, 1.807) is 18.2 Å². The summed E-state index contributed by atoms with van der Waals surface area (Å²) in [6.07, 6.45) is 1.55. The second-order valence-electron chi connectivity index (χ2n) is 6.07. The van der Waals surface area contributed by atoms with Gasteiger partial charge in [-0.05, 0) is 49.4 Å². The quantitative estimate of drug-likeness (QED) is 0.720. The Bertz CT molecular complexity index is 921. The van der Waals surface area contributed by atoms with Crippen molar-refractivity contribution >= 4 is 37.4 Å². The number of carbonyl (C=O) groups is 1. The molecule has 1 aliphatic rings. The summed E-state index contributed by atoms with van der Waals surface area (Å²) in [7, 11) is -3.28. The molecule has 0 bridgehead atoms. The molecule has 1 heterocycles. The number of benzene rings is 2. The Hall–Kier alpha value is -2.12. The van der Waals surface area contributed by atoms with Crippen LogP contribution in [0.5, 0.6) is 5.75 Å². The first-order chi connectivity index (χ1) is 12.3. The van der Waals surface area contributed by atoms with Crippen LogP contribution in [0.15, 0.2) is 64.5 Å². The molecule has 0 saturated carbocycles. The van der Waals surface area contributed by atoms with Crippen LogP contribution in [-0.2, 0) is 14.6 Å². The van der Waals surface area contributed by atoms with E-state index >= 15 is 0 Å². The lowest BCUT2D eigenvalue weighted by Crippen LogP contribution is -2.43. The summed E-state index contributed by atoms with van der Waals surface area (Å²) in [4.78, 5) is 14.3. The molecule has 1 aliphatic heterocycles. The summed E-state index contributed by atoms with van der Waals surface area (Å²) in [5, 5.41) is 1.17. The first-order valence-electron chi connectivity index (χ1n) is 8.02. The minimum Gasteiger partial charge on any atom is -0.484 e. The maximum absolute atomic E-state index is 12.8. The van der Waals surface area contributed by atoms with Gasteiger partial charge in [0.2, 0.25) is 0 Å². The van der Waals surface area contributed by atoms with Gasteiger partial charge in [0.05, 0.1) is 11.8 Å². The number of hydrogen-bond acceptors (Lipinski definition) is 4. The van der Waals surface area contributed by atoms with Crippen molar-refractivity contribution in [3.8, 4) is 5.75 Å². The Balaban J connectivity index is 1.80. The topological polar surface area (TPSA) is 63.7 Å². The molecule has 1 amide bonds. The second kappa shape index (κ2) is 7.63. The van der Waals surface area contributed by atoms with Crippen molar-refractivity contribution in [1.29, 1.82) is 0 Å². The van der Waals surface area contributed by atoms with Crippen LogP contribution in [0.3, 0.4) is 0 Å². The van der Waals surface area contributed by atoms with E-state index < -0.39 is 15.9 Å². The molecule has 0 radical (unpaired) electrons. The normalized spacial score (nSPS) is 17.8. The molecule has 1 unspecified atom stereocenters. The summed E-state index contributed by atoms with van der Waals surface area (Å²) in [5.74, 6) is 0.147. The summed E-state index contributed by atoms with van der Waals surface area (Å²) < 4.78 is 30.1. The van der Waals surface area contributed by atoms with Crippen LogP contribution in [-0.4, -0.2) is 32.7 Å². The van der Waals surface area contributed by atoms with Crippen molar-refractivity contribution in [3.63, 3.8) is 0 Å². The van der Waals surface area contributed by atoms with Crippen LogP contribution in [0, 0.1) is 6.92 Å². The van der Waals surface area contributed by atoms with Gasteiger partial charge < -0.3 is 9.64 Å². The highest BCUT2D eigenvalue weighted by atomic mass is 79.9. The van der Waals surface area contributed by atoms with E-state index in [1.165, 1.54) is 10.3 Å². The molecule has 1 atom stereocenters. The monoisotopic (exact) mass is 435 g/mol. The van der Waals surface area contributed by atoms with E-state index in [4.69, 9.17) is 4.74 Å². The van der Waals surface area contributed by atoms with E-state index in [0.29, 0.717) is 11.4 Å². The molecule has 0 spiro atoms.